The standard InChI is InChI=1S/C6H5ClFNO/c1-10-5-3-9-2-4(7)6(5)8/h2-3H,1H3. The topological polar surface area (TPSA) is 22.1 Å². The second kappa shape index (κ2) is 2.84. The molecule has 0 aliphatic carbocycles. The number of halogens is 2. The maximum Gasteiger partial charge on any atom is 0.186 e. The van der Waals surface area contributed by atoms with Gasteiger partial charge in [-0.15, -0.1) is 0 Å². The van der Waals surface area contributed by atoms with E-state index in [-0.39, 0.29) is 10.8 Å². The van der Waals surface area contributed by atoms with Gasteiger partial charge in [0.05, 0.1) is 18.3 Å². The first-order valence-corrected chi connectivity index (χ1v) is 2.96. The minimum absolute atomic E-state index is 0.0284. The summed E-state index contributed by atoms with van der Waals surface area (Å²) in [7, 11) is 1.36. The molecular formula is C6H5ClFNO. The molecule has 1 aromatic heterocycles. The maximum atomic E-state index is 12.7. The lowest BCUT2D eigenvalue weighted by Gasteiger charge is -1.99. The van der Waals surface area contributed by atoms with Gasteiger partial charge in [0.15, 0.2) is 11.6 Å². The molecule has 1 rings (SSSR count). The van der Waals surface area contributed by atoms with Crippen molar-refractivity contribution in [2.75, 3.05) is 7.11 Å². The Labute approximate surface area is 62.6 Å². The van der Waals surface area contributed by atoms with Crippen molar-refractivity contribution < 1.29 is 9.13 Å². The van der Waals surface area contributed by atoms with Crippen LogP contribution in [0.25, 0.3) is 0 Å². The molecule has 0 radical (unpaired) electrons. The lowest BCUT2D eigenvalue weighted by molar-refractivity contribution is 0.384. The summed E-state index contributed by atoms with van der Waals surface area (Å²) < 4.78 is 17.3. The van der Waals surface area contributed by atoms with Gasteiger partial charge in [-0.05, 0) is 0 Å². The molecule has 0 atom stereocenters. The van der Waals surface area contributed by atoms with E-state index < -0.39 is 5.82 Å². The van der Waals surface area contributed by atoms with E-state index in [0.717, 1.165) is 0 Å². The van der Waals surface area contributed by atoms with Gasteiger partial charge in [-0.3, -0.25) is 4.98 Å². The van der Waals surface area contributed by atoms with Crippen LogP contribution < -0.4 is 4.74 Å². The highest BCUT2D eigenvalue weighted by molar-refractivity contribution is 6.30. The number of hydrogen-bond donors (Lipinski definition) is 0. The van der Waals surface area contributed by atoms with Crippen molar-refractivity contribution in [1.82, 2.24) is 4.98 Å². The van der Waals surface area contributed by atoms with Gasteiger partial charge in [-0.1, -0.05) is 11.6 Å². The molecule has 0 bridgehead atoms. The highest BCUT2D eigenvalue weighted by Gasteiger charge is 2.05. The first-order valence-electron chi connectivity index (χ1n) is 2.58. The summed E-state index contributed by atoms with van der Waals surface area (Å²) in [5.74, 6) is -0.508. The van der Waals surface area contributed by atoms with Crippen molar-refractivity contribution in [3.63, 3.8) is 0 Å². The van der Waals surface area contributed by atoms with Gasteiger partial charge in [0, 0.05) is 6.20 Å². The van der Waals surface area contributed by atoms with Gasteiger partial charge in [0.1, 0.15) is 0 Å². The van der Waals surface area contributed by atoms with E-state index in [1.807, 2.05) is 0 Å². The van der Waals surface area contributed by atoms with Crippen molar-refractivity contribution >= 4 is 11.6 Å². The third-order valence-electron chi connectivity index (χ3n) is 1.03. The number of ether oxygens (including phenoxy) is 1. The van der Waals surface area contributed by atoms with Crippen LogP contribution in [0.3, 0.4) is 0 Å². The minimum Gasteiger partial charge on any atom is -0.492 e. The highest BCUT2D eigenvalue weighted by atomic mass is 35.5. The fourth-order valence-electron chi connectivity index (χ4n) is 0.544. The summed E-state index contributed by atoms with van der Waals surface area (Å²) in [6, 6.07) is 0. The number of aromatic nitrogens is 1. The van der Waals surface area contributed by atoms with Crippen LogP contribution in [0.4, 0.5) is 4.39 Å². The Morgan fingerprint density at radius 2 is 2.30 bits per heavy atom. The fourth-order valence-corrected chi connectivity index (χ4v) is 0.693. The van der Waals surface area contributed by atoms with Crippen LogP contribution >= 0.6 is 11.6 Å². The molecule has 0 saturated carbocycles. The Bertz CT molecular complexity index is 241. The Morgan fingerprint density at radius 1 is 1.60 bits per heavy atom. The van der Waals surface area contributed by atoms with Gasteiger partial charge in [-0.2, -0.15) is 0 Å². The summed E-state index contributed by atoms with van der Waals surface area (Å²) >= 11 is 5.38. The SMILES string of the molecule is COc1cncc(Cl)c1F. The summed E-state index contributed by atoms with van der Waals surface area (Å²) in [6.07, 6.45) is 2.49. The van der Waals surface area contributed by atoms with Crippen LogP contribution in [0.1, 0.15) is 0 Å². The zero-order chi connectivity index (χ0) is 7.56. The lowest BCUT2D eigenvalue weighted by atomic mass is 10.4. The van der Waals surface area contributed by atoms with E-state index in [0.29, 0.717) is 0 Å². The number of hydrogen-bond acceptors (Lipinski definition) is 2. The Balaban J connectivity index is 3.14. The summed E-state index contributed by atoms with van der Waals surface area (Å²) in [6.45, 7) is 0. The second-order valence-corrected chi connectivity index (χ2v) is 2.04. The molecule has 1 aromatic rings. The number of nitrogens with zero attached hydrogens (tertiary/aromatic N) is 1. The molecule has 0 saturated heterocycles. The molecule has 0 amide bonds. The van der Waals surface area contributed by atoms with E-state index in [9.17, 15) is 4.39 Å². The van der Waals surface area contributed by atoms with Crippen LogP contribution in [0.5, 0.6) is 5.75 Å². The molecule has 0 aromatic carbocycles. The van der Waals surface area contributed by atoms with Crippen LogP contribution in [-0.2, 0) is 0 Å². The van der Waals surface area contributed by atoms with E-state index in [1.165, 1.54) is 19.5 Å². The van der Waals surface area contributed by atoms with Crippen LogP contribution in [0, 0.1) is 5.82 Å². The van der Waals surface area contributed by atoms with Gasteiger partial charge >= 0.3 is 0 Å². The maximum absolute atomic E-state index is 12.7. The zero-order valence-corrected chi connectivity index (χ0v) is 6.02. The van der Waals surface area contributed by atoms with Gasteiger partial charge in [0.25, 0.3) is 0 Å². The van der Waals surface area contributed by atoms with Crippen LogP contribution in [0.15, 0.2) is 12.4 Å². The average molecular weight is 162 g/mol. The molecule has 0 spiro atoms. The van der Waals surface area contributed by atoms with Crippen molar-refractivity contribution in [1.29, 1.82) is 0 Å². The van der Waals surface area contributed by atoms with E-state index in [4.69, 9.17) is 11.6 Å². The largest absolute Gasteiger partial charge is 0.492 e. The van der Waals surface area contributed by atoms with Crippen molar-refractivity contribution in [3.05, 3.63) is 23.2 Å². The van der Waals surface area contributed by atoms with Crippen LogP contribution in [-0.4, -0.2) is 12.1 Å². The molecule has 4 heteroatoms. The average Bonchev–Trinajstić information content (AvgIpc) is 1.95. The highest BCUT2D eigenvalue weighted by Crippen LogP contribution is 2.21. The van der Waals surface area contributed by atoms with Crippen LogP contribution in [0.2, 0.25) is 5.02 Å². The van der Waals surface area contributed by atoms with Crippen molar-refractivity contribution in [3.8, 4) is 5.75 Å². The molecule has 54 valence electrons. The third kappa shape index (κ3) is 1.19. The molecule has 0 unspecified atom stereocenters. The number of pyridine rings is 1. The van der Waals surface area contributed by atoms with Crippen molar-refractivity contribution in [2.45, 2.75) is 0 Å². The second-order valence-electron chi connectivity index (χ2n) is 1.64. The van der Waals surface area contributed by atoms with Crippen molar-refractivity contribution in [2.24, 2.45) is 0 Å². The Kier molecular flexibility index (Phi) is 2.06. The normalized spacial score (nSPS) is 9.50. The smallest absolute Gasteiger partial charge is 0.186 e. The van der Waals surface area contributed by atoms with E-state index >= 15 is 0 Å². The minimum atomic E-state index is -0.570. The quantitative estimate of drug-likeness (QED) is 0.628. The molecular weight excluding hydrogens is 157 g/mol. The summed E-state index contributed by atoms with van der Waals surface area (Å²) in [5.41, 5.74) is 0. The number of methoxy groups -OCH3 is 1. The molecule has 0 N–H and O–H groups in total. The van der Waals surface area contributed by atoms with E-state index in [2.05, 4.69) is 9.72 Å². The Hall–Kier alpha value is -0.830. The molecule has 2 nitrogen and oxygen atoms in total. The number of rotatable bonds is 1. The van der Waals surface area contributed by atoms with E-state index in [1.54, 1.807) is 0 Å². The lowest BCUT2D eigenvalue weighted by Crippen LogP contribution is -1.89. The summed E-state index contributed by atoms with van der Waals surface area (Å²) in [5, 5.41) is -0.0284. The third-order valence-corrected chi connectivity index (χ3v) is 1.29. The predicted octanol–water partition coefficient (Wildman–Crippen LogP) is 1.88. The van der Waals surface area contributed by atoms with Gasteiger partial charge in [0.2, 0.25) is 0 Å². The molecule has 1 heterocycles. The molecule has 0 aliphatic rings. The first kappa shape index (κ1) is 7.28. The van der Waals surface area contributed by atoms with Gasteiger partial charge < -0.3 is 4.74 Å². The molecule has 0 fully saturated rings. The zero-order valence-electron chi connectivity index (χ0n) is 5.27. The molecule has 0 aliphatic heterocycles. The fraction of sp³-hybridized carbons (Fsp3) is 0.167. The first-order chi connectivity index (χ1) is 4.75. The Morgan fingerprint density at radius 3 is 2.80 bits per heavy atom. The van der Waals surface area contributed by atoms with Gasteiger partial charge in [-0.25, -0.2) is 4.39 Å². The monoisotopic (exact) mass is 161 g/mol. The predicted molar refractivity (Wildman–Crippen MR) is 35.8 cm³/mol. The molecule has 10 heavy (non-hydrogen) atoms. The summed E-state index contributed by atoms with van der Waals surface area (Å²) in [4.78, 5) is 3.62.